The van der Waals surface area contributed by atoms with Crippen molar-refractivity contribution in [3.63, 3.8) is 0 Å². The molecular weight excluding hydrogens is 329 g/mol. The Labute approximate surface area is 141 Å². The van der Waals surface area contributed by atoms with Crippen LogP contribution in [-0.4, -0.2) is 28.2 Å². The summed E-state index contributed by atoms with van der Waals surface area (Å²) >= 11 is 0. The fourth-order valence-corrected chi connectivity index (χ4v) is 2.97. The summed E-state index contributed by atoms with van der Waals surface area (Å²) in [5, 5.41) is 10.7. The molecule has 3 aromatic rings. The van der Waals surface area contributed by atoms with Crippen molar-refractivity contribution >= 4 is 22.6 Å². The van der Waals surface area contributed by atoms with Gasteiger partial charge in [-0.2, -0.15) is 0 Å². The lowest BCUT2D eigenvalue weighted by atomic mass is 10.0. The number of halogens is 1. The number of aromatic hydroxyl groups is 1. The van der Waals surface area contributed by atoms with Crippen molar-refractivity contribution in [2.45, 2.75) is 6.92 Å². The van der Waals surface area contributed by atoms with E-state index in [0.29, 0.717) is 11.5 Å². The fraction of sp³-hybridized carbons (Fsp3) is 0.111. The minimum absolute atomic E-state index is 0.0657. The molecule has 126 valence electrons. The topological polar surface area (TPSA) is 77.8 Å². The second kappa shape index (κ2) is 5.34. The Morgan fingerprint density at radius 2 is 1.88 bits per heavy atom. The number of nitrogens with zero attached hydrogens (tertiary/aromatic N) is 1. The number of ether oxygens (including phenoxy) is 2. The molecular formula is C18H12FNO5. The fourth-order valence-electron chi connectivity index (χ4n) is 2.97. The van der Waals surface area contributed by atoms with Gasteiger partial charge in [0.15, 0.2) is 17.3 Å². The maximum atomic E-state index is 13.6. The molecule has 0 spiro atoms. The van der Waals surface area contributed by atoms with Gasteiger partial charge >= 0.3 is 0 Å². The van der Waals surface area contributed by atoms with E-state index in [-0.39, 0.29) is 28.8 Å². The zero-order valence-corrected chi connectivity index (χ0v) is 13.1. The number of carbonyl (C=O) groups excluding carboxylic acids is 2. The van der Waals surface area contributed by atoms with E-state index in [1.807, 2.05) is 0 Å². The summed E-state index contributed by atoms with van der Waals surface area (Å²) in [6.07, 6.45) is 0. The number of carbonyl (C=O) groups is 2. The minimum atomic E-state index is -0.574. The Morgan fingerprint density at radius 1 is 1.12 bits per heavy atom. The SMILES string of the molecule is CC(=O)n1c(O)c(C(=O)c2ccc3c(c2)OCO3)c2ccc(F)cc21. The molecule has 0 saturated carbocycles. The number of hydrogen-bond donors (Lipinski definition) is 1. The maximum absolute atomic E-state index is 13.6. The molecule has 6 nitrogen and oxygen atoms in total. The van der Waals surface area contributed by atoms with Crippen molar-refractivity contribution < 1.29 is 28.6 Å². The first-order valence-corrected chi connectivity index (χ1v) is 7.45. The second-order valence-electron chi connectivity index (χ2n) is 5.61. The van der Waals surface area contributed by atoms with Crippen LogP contribution in [0.15, 0.2) is 36.4 Å². The Balaban J connectivity index is 1.93. The molecule has 4 rings (SSSR count). The predicted octanol–water partition coefficient (Wildman–Crippen LogP) is 3.11. The van der Waals surface area contributed by atoms with Gasteiger partial charge in [-0.3, -0.25) is 9.59 Å². The van der Waals surface area contributed by atoms with Gasteiger partial charge in [0.05, 0.1) is 11.1 Å². The first-order chi connectivity index (χ1) is 12.0. The lowest BCUT2D eigenvalue weighted by Crippen LogP contribution is -2.06. The van der Waals surface area contributed by atoms with Gasteiger partial charge < -0.3 is 14.6 Å². The van der Waals surface area contributed by atoms with Crippen molar-refractivity contribution in [1.82, 2.24) is 4.57 Å². The summed E-state index contributed by atoms with van der Waals surface area (Å²) in [7, 11) is 0. The van der Waals surface area contributed by atoms with Crippen LogP contribution in [0.1, 0.15) is 27.6 Å². The van der Waals surface area contributed by atoms with Crippen molar-refractivity contribution in [3.05, 3.63) is 53.3 Å². The molecule has 0 fully saturated rings. The molecule has 0 unspecified atom stereocenters. The molecule has 0 amide bonds. The van der Waals surface area contributed by atoms with Gasteiger partial charge in [0, 0.05) is 17.9 Å². The summed E-state index contributed by atoms with van der Waals surface area (Å²) in [6, 6.07) is 8.27. The van der Waals surface area contributed by atoms with Crippen LogP contribution in [0, 0.1) is 5.82 Å². The standard InChI is InChI=1S/C18H12FNO5/c1-9(21)20-13-7-11(19)3-4-12(13)16(18(20)23)17(22)10-2-5-14-15(6-10)25-8-24-14/h2-7,23H,8H2,1H3. The number of rotatable bonds is 2. The Bertz CT molecular complexity index is 1050. The quantitative estimate of drug-likeness (QED) is 0.725. The summed E-state index contributed by atoms with van der Waals surface area (Å²) < 4.78 is 25.0. The lowest BCUT2D eigenvalue weighted by Gasteiger charge is -2.03. The highest BCUT2D eigenvalue weighted by Gasteiger charge is 2.26. The highest BCUT2D eigenvalue weighted by molar-refractivity contribution is 6.19. The third-order valence-corrected chi connectivity index (χ3v) is 4.08. The van der Waals surface area contributed by atoms with Crippen LogP contribution < -0.4 is 9.47 Å². The second-order valence-corrected chi connectivity index (χ2v) is 5.61. The van der Waals surface area contributed by atoms with Gasteiger partial charge in [-0.1, -0.05) is 0 Å². The number of aromatic nitrogens is 1. The highest BCUT2D eigenvalue weighted by atomic mass is 19.1. The molecule has 0 aliphatic carbocycles. The van der Waals surface area contributed by atoms with Gasteiger partial charge in [-0.25, -0.2) is 8.96 Å². The molecule has 2 heterocycles. The van der Waals surface area contributed by atoms with Crippen LogP contribution in [-0.2, 0) is 0 Å². The first kappa shape index (κ1) is 15.2. The number of hydrogen-bond acceptors (Lipinski definition) is 5. The van der Waals surface area contributed by atoms with Crippen LogP contribution >= 0.6 is 0 Å². The molecule has 25 heavy (non-hydrogen) atoms. The molecule has 1 aromatic heterocycles. The molecule has 0 saturated heterocycles. The summed E-state index contributed by atoms with van der Waals surface area (Å²) in [6.45, 7) is 1.29. The van der Waals surface area contributed by atoms with Crippen molar-refractivity contribution in [3.8, 4) is 17.4 Å². The molecule has 1 N–H and O–H groups in total. The zero-order valence-electron chi connectivity index (χ0n) is 13.1. The number of ketones is 1. The van der Waals surface area contributed by atoms with Crippen LogP contribution in [0.4, 0.5) is 4.39 Å². The Kier molecular flexibility index (Phi) is 3.24. The monoisotopic (exact) mass is 341 g/mol. The van der Waals surface area contributed by atoms with Crippen molar-refractivity contribution in [2.24, 2.45) is 0 Å². The van der Waals surface area contributed by atoms with E-state index in [9.17, 15) is 19.1 Å². The predicted molar refractivity (Wildman–Crippen MR) is 85.9 cm³/mol. The van der Waals surface area contributed by atoms with E-state index < -0.39 is 23.4 Å². The average molecular weight is 341 g/mol. The smallest absolute Gasteiger partial charge is 0.231 e. The largest absolute Gasteiger partial charge is 0.494 e. The summed E-state index contributed by atoms with van der Waals surface area (Å²) in [4.78, 5) is 24.8. The van der Waals surface area contributed by atoms with Crippen molar-refractivity contribution in [1.29, 1.82) is 0 Å². The zero-order chi connectivity index (χ0) is 17.7. The van der Waals surface area contributed by atoms with Gasteiger partial charge in [0.2, 0.25) is 18.6 Å². The van der Waals surface area contributed by atoms with Gasteiger partial charge in [-0.05, 0) is 36.4 Å². The van der Waals surface area contributed by atoms with Crippen LogP contribution in [0.3, 0.4) is 0 Å². The van der Waals surface area contributed by atoms with E-state index >= 15 is 0 Å². The molecule has 7 heteroatoms. The highest BCUT2D eigenvalue weighted by Crippen LogP contribution is 2.37. The van der Waals surface area contributed by atoms with Crippen molar-refractivity contribution in [2.75, 3.05) is 6.79 Å². The molecule has 1 aliphatic heterocycles. The van der Waals surface area contributed by atoms with Gasteiger partial charge in [0.25, 0.3) is 0 Å². The Morgan fingerprint density at radius 3 is 2.64 bits per heavy atom. The minimum Gasteiger partial charge on any atom is -0.494 e. The van der Waals surface area contributed by atoms with Crippen LogP contribution in [0.25, 0.3) is 10.9 Å². The Hall–Kier alpha value is -3.35. The lowest BCUT2D eigenvalue weighted by molar-refractivity contribution is 0.0933. The van der Waals surface area contributed by atoms with E-state index in [4.69, 9.17) is 9.47 Å². The van der Waals surface area contributed by atoms with E-state index in [0.717, 1.165) is 10.6 Å². The van der Waals surface area contributed by atoms with Crippen LogP contribution in [0.5, 0.6) is 17.4 Å². The first-order valence-electron chi connectivity index (χ1n) is 7.45. The molecule has 0 bridgehead atoms. The van der Waals surface area contributed by atoms with E-state index in [1.165, 1.54) is 31.2 Å². The van der Waals surface area contributed by atoms with Gasteiger partial charge in [0.1, 0.15) is 5.82 Å². The molecule has 1 aliphatic rings. The molecule has 0 atom stereocenters. The maximum Gasteiger partial charge on any atom is 0.231 e. The summed E-state index contributed by atoms with van der Waals surface area (Å²) in [5.41, 5.74) is 0.324. The van der Waals surface area contributed by atoms with E-state index in [2.05, 4.69) is 0 Å². The molecule has 2 aromatic carbocycles. The third-order valence-electron chi connectivity index (χ3n) is 4.08. The van der Waals surface area contributed by atoms with Crippen LogP contribution in [0.2, 0.25) is 0 Å². The number of fused-ring (bicyclic) bond motifs is 2. The normalized spacial score (nSPS) is 12.6. The van der Waals surface area contributed by atoms with E-state index in [1.54, 1.807) is 6.07 Å². The molecule has 0 radical (unpaired) electrons. The summed E-state index contributed by atoms with van der Waals surface area (Å²) in [5.74, 6) is -1.18. The average Bonchev–Trinajstić information content (AvgIpc) is 3.14. The number of benzene rings is 2. The third kappa shape index (κ3) is 2.24. The van der Waals surface area contributed by atoms with Gasteiger partial charge in [-0.15, -0.1) is 0 Å².